The molecule has 1 aromatic heterocycles. The lowest BCUT2D eigenvalue weighted by atomic mass is 10.1. The molecular formula is C16H24N4O. The molecule has 0 radical (unpaired) electrons. The smallest absolute Gasteiger partial charge is 0.255 e. The van der Waals surface area contributed by atoms with Crippen LogP contribution in [-0.4, -0.2) is 66.5 Å². The van der Waals surface area contributed by atoms with Crippen LogP contribution in [0.1, 0.15) is 30.1 Å². The molecule has 3 rings (SSSR count). The second kappa shape index (κ2) is 6.02. The Bertz CT molecular complexity index is 496. The van der Waals surface area contributed by atoms with Gasteiger partial charge in [0.25, 0.3) is 5.91 Å². The Morgan fingerprint density at radius 2 is 1.95 bits per heavy atom. The first kappa shape index (κ1) is 14.3. The van der Waals surface area contributed by atoms with Crippen LogP contribution in [-0.2, 0) is 0 Å². The zero-order valence-electron chi connectivity index (χ0n) is 13.0. The molecule has 0 bridgehead atoms. The summed E-state index contributed by atoms with van der Waals surface area (Å²) < 4.78 is 0. The van der Waals surface area contributed by atoms with E-state index in [1.165, 1.54) is 12.8 Å². The van der Waals surface area contributed by atoms with Gasteiger partial charge in [0.05, 0.1) is 5.56 Å². The molecular weight excluding hydrogens is 264 g/mol. The summed E-state index contributed by atoms with van der Waals surface area (Å²) in [5, 5.41) is 0. The maximum absolute atomic E-state index is 12.6. The minimum Gasteiger partial charge on any atom is -0.357 e. The number of carbonyl (C=O) groups excluding carboxylic acids is 1. The predicted octanol–water partition coefficient (Wildman–Crippen LogP) is 1.46. The molecule has 0 aliphatic carbocycles. The Kier molecular flexibility index (Phi) is 4.10. The van der Waals surface area contributed by atoms with Crippen molar-refractivity contribution in [1.29, 1.82) is 0 Å². The topological polar surface area (TPSA) is 39.7 Å². The van der Waals surface area contributed by atoms with Crippen LogP contribution in [0, 0.1) is 0 Å². The van der Waals surface area contributed by atoms with Crippen molar-refractivity contribution in [3.63, 3.8) is 0 Å². The summed E-state index contributed by atoms with van der Waals surface area (Å²) in [7, 11) is 2.10. The monoisotopic (exact) mass is 288 g/mol. The number of nitrogens with zero attached hydrogens (tertiary/aromatic N) is 4. The number of pyridine rings is 1. The van der Waals surface area contributed by atoms with Crippen LogP contribution in [0.15, 0.2) is 18.3 Å². The van der Waals surface area contributed by atoms with Crippen LogP contribution in [0.3, 0.4) is 0 Å². The molecule has 1 amide bonds. The molecule has 21 heavy (non-hydrogen) atoms. The summed E-state index contributed by atoms with van der Waals surface area (Å²) in [6.07, 6.45) is 4.21. The molecule has 0 aromatic carbocycles. The zero-order chi connectivity index (χ0) is 14.8. The molecule has 1 aromatic rings. The van der Waals surface area contributed by atoms with E-state index >= 15 is 0 Å². The van der Waals surface area contributed by atoms with Crippen molar-refractivity contribution in [3.8, 4) is 0 Å². The van der Waals surface area contributed by atoms with Gasteiger partial charge >= 0.3 is 0 Å². The van der Waals surface area contributed by atoms with Crippen molar-refractivity contribution >= 4 is 11.7 Å². The van der Waals surface area contributed by atoms with E-state index in [1.807, 2.05) is 17.0 Å². The fourth-order valence-corrected chi connectivity index (χ4v) is 3.25. The predicted molar refractivity (Wildman–Crippen MR) is 83.7 cm³/mol. The van der Waals surface area contributed by atoms with Crippen LogP contribution < -0.4 is 4.90 Å². The number of anilines is 1. The van der Waals surface area contributed by atoms with Gasteiger partial charge in [0.1, 0.15) is 5.82 Å². The first-order valence-electron chi connectivity index (χ1n) is 7.85. The molecule has 0 spiro atoms. The standard InChI is InChI=1S/C16H24N4O/c1-13-12-18(2)9-10-20(13)16(21)14-5-6-15(17-11-14)19-7-3-4-8-19/h5-6,11,13H,3-4,7-10,12H2,1-2H3. The van der Waals surface area contributed by atoms with E-state index in [1.54, 1.807) is 6.20 Å². The molecule has 1 unspecified atom stereocenters. The lowest BCUT2D eigenvalue weighted by molar-refractivity contribution is 0.0533. The second-order valence-electron chi connectivity index (χ2n) is 6.21. The van der Waals surface area contributed by atoms with E-state index in [9.17, 15) is 4.79 Å². The van der Waals surface area contributed by atoms with Crippen molar-refractivity contribution in [2.45, 2.75) is 25.8 Å². The maximum Gasteiger partial charge on any atom is 0.255 e. The van der Waals surface area contributed by atoms with Gasteiger partial charge in [-0.05, 0) is 38.9 Å². The van der Waals surface area contributed by atoms with Crippen LogP contribution in [0.25, 0.3) is 0 Å². The highest BCUT2D eigenvalue weighted by atomic mass is 16.2. The number of likely N-dealkylation sites (N-methyl/N-ethyl adjacent to an activating group) is 1. The summed E-state index contributed by atoms with van der Waals surface area (Å²) in [5.74, 6) is 1.10. The molecule has 2 saturated heterocycles. The summed E-state index contributed by atoms with van der Waals surface area (Å²) >= 11 is 0. The molecule has 114 valence electrons. The zero-order valence-corrected chi connectivity index (χ0v) is 13.0. The van der Waals surface area contributed by atoms with Gasteiger partial charge in [-0.1, -0.05) is 0 Å². The normalized spacial score (nSPS) is 23.6. The van der Waals surface area contributed by atoms with Crippen LogP contribution in [0.4, 0.5) is 5.82 Å². The average Bonchev–Trinajstić information content (AvgIpc) is 3.01. The highest BCUT2D eigenvalue weighted by Crippen LogP contribution is 2.19. The second-order valence-corrected chi connectivity index (χ2v) is 6.21. The van der Waals surface area contributed by atoms with Gasteiger partial charge in [-0.15, -0.1) is 0 Å². The average molecular weight is 288 g/mol. The Morgan fingerprint density at radius 3 is 2.57 bits per heavy atom. The number of carbonyl (C=O) groups is 1. The number of hydrogen-bond acceptors (Lipinski definition) is 4. The minimum absolute atomic E-state index is 0.107. The van der Waals surface area contributed by atoms with Crippen molar-refractivity contribution in [3.05, 3.63) is 23.9 Å². The third kappa shape index (κ3) is 3.02. The van der Waals surface area contributed by atoms with Gasteiger partial charge in [-0.2, -0.15) is 0 Å². The van der Waals surface area contributed by atoms with E-state index in [-0.39, 0.29) is 11.9 Å². The number of aromatic nitrogens is 1. The van der Waals surface area contributed by atoms with E-state index in [4.69, 9.17) is 0 Å². The van der Waals surface area contributed by atoms with E-state index in [2.05, 4.69) is 28.8 Å². The Hall–Kier alpha value is -1.62. The molecule has 2 fully saturated rings. The third-order valence-electron chi connectivity index (χ3n) is 4.52. The Labute approximate surface area is 126 Å². The summed E-state index contributed by atoms with van der Waals surface area (Å²) in [5.41, 5.74) is 0.703. The highest BCUT2D eigenvalue weighted by Gasteiger charge is 2.26. The molecule has 0 N–H and O–H groups in total. The van der Waals surface area contributed by atoms with Crippen LogP contribution in [0.2, 0.25) is 0 Å². The number of amides is 1. The molecule has 5 nitrogen and oxygen atoms in total. The number of hydrogen-bond donors (Lipinski definition) is 0. The summed E-state index contributed by atoms with van der Waals surface area (Å²) in [4.78, 5) is 23.6. The Morgan fingerprint density at radius 1 is 1.19 bits per heavy atom. The lowest BCUT2D eigenvalue weighted by Crippen LogP contribution is -2.52. The highest BCUT2D eigenvalue weighted by molar-refractivity contribution is 5.94. The first-order chi connectivity index (χ1) is 10.1. The lowest BCUT2D eigenvalue weighted by Gasteiger charge is -2.38. The van der Waals surface area contributed by atoms with Crippen LogP contribution >= 0.6 is 0 Å². The first-order valence-corrected chi connectivity index (χ1v) is 7.85. The molecule has 0 saturated carbocycles. The van der Waals surface area contributed by atoms with E-state index in [0.29, 0.717) is 5.56 Å². The van der Waals surface area contributed by atoms with Crippen molar-refractivity contribution in [2.24, 2.45) is 0 Å². The van der Waals surface area contributed by atoms with Gasteiger partial charge in [0.2, 0.25) is 0 Å². The van der Waals surface area contributed by atoms with Crippen molar-refractivity contribution in [1.82, 2.24) is 14.8 Å². The minimum atomic E-state index is 0.107. The van der Waals surface area contributed by atoms with E-state index < -0.39 is 0 Å². The van der Waals surface area contributed by atoms with Gasteiger partial charge in [0.15, 0.2) is 0 Å². The van der Waals surface area contributed by atoms with Gasteiger partial charge < -0.3 is 14.7 Å². The van der Waals surface area contributed by atoms with Gasteiger partial charge in [0, 0.05) is 45.0 Å². The Balaban J connectivity index is 1.69. The molecule has 2 aliphatic rings. The summed E-state index contributed by atoms with van der Waals surface area (Å²) in [6.45, 7) is 6.94. The fraction of sp³-hybridized carbons (Fsp3) is 0.625. The SMILES string of the molecule is CC1CN(C)CCN1C(=O)c1ccc(N2CCCC2)nc1. The number of piperazine rings is 1. The molecule has 1 atom stereocenters. The van der Waals surface area contributed by atoms with Gasteiger partial charge in [-0.3, -0.25) is 4.79 Å². The van der Waals surface area contributed by atoms with Gasteiger partial charge in [-0.25, -0.2) is 4.98 Å². The molecule has 2 aliphatic heterocycles. The molecule has 5 heteroatoms. The third-order valence-corrected chi connectivity index (χ3v) is 4.52. The fourth-order valence-electron chi connectivity index (χ4n) is 3.25. The van der Waals surface area contributed by atoms with Crippen molar-refractivity contribution < 1.29 is 4.79 Å². The van der Waals surface area contributed by atoms with E-state index in [0.717, 1.165) is 38.5 Å². The maximum atomic E-state index is 12.6. The van der Waals surface area contributed by atoms with Crippen molar-refractivity contribution in [2.75, 3.05) is 44.7 Å². The molecule has 3 heterocycles. The summed E-state index contributed by atoms with van der Waals surface area (Å²) in [6, 6.07) is 4.17. The number of rotatable bonds is 2. The quantitative estimate of drug-likeness (QED) is 0.826. The van der Waals surface area contributed by atoms with Crippen LogP contribution in [0.5, 0.6) is 0 Å². The largest absolute Gasteiger partial charge is 0.357 e.